The molecule has 2 unspecified atom stereocenters. The van der Waals surface area contributed by atoms with E-state index in [2.05, 4.69) is 17.7 Å². The highest BCUT2D eigenvalue weighted by Crippen LogP contribution is 2.40. The molecule has 5 aromatic rings. The number of quaternary nitrogens is 2. The van der Waals surface area contributed by atoms with Crippen LogP contribution in [-0.2, 0) is 20.8 Å². The van der Waals surface area contributed by atoms with E-state index in [1.165, 1.54) is 71.5 Å². The molecule has 59 heavy (non-hydrogen) atoms. The number of carbonyl (C=O) groups is 2. The second kappa shape index (κ2) is 19.7. The van der Waals surface area contributed by atoms with Gasteiger partial charge in [-0.15, -0.1) is 45.3 Å². The summed E-state index contributed by atoms with van der Waals surface area (Å²) < 4.78 is 7.98. The van der Waals surface area contributed by atoms with Gasteiger partial charge >= 0.3 is 0 Å². The second-order valence-electron chi connectivity index (χ2n) is 16.6. The molecule has 0 radical (unpaired) electrons. The summed E-state index contributed by atoms with van der Waals surface area (Å²) in [4.78, 5) is 29.4. The number of nitrogens with zero attached hydrogens (tertiary/aromatic N) is 2. The number of nitrogens with one attached hydrogen (secondary N) is 2. The molecule has 1 aromatic carbocycles. The number of hydrogen-bond acceptors (Lipinski definition) is 9. The van der Waals surface area contributed by atoms with Crippen LogP contribution in [0.25, 0.3) is 0 Å². The van der Waals surface area contributed by atoms with E-state index < -0.39 is 11.2 Å². The van der Waals surface area contributed by atoms with Gasteiger partial charge in [-0.3, -0.25) is 9.59 Å². The molecule has 6 fully saturated rings. The third-order valence-electron chi connectivity index (χ3n) is 13.0. The molecule has 318 valence electrons. The molecule has 11 rings (SSSR count). The Balaban J connectivity index is 0.000000201. The van der Waals surface area contributed by atoms with E-state index in [9.17, 15) is 19.8 Å². The summed E-state index contributed by atoms with van der Waals surface area (Å²) in [5.41, 5.74) is -3.20. The fourth-order valence-electron chi connectivity index (χ4n) is 9.63. The van der Waals surface area contributed by atoms with Crippen molar-refractivity contribution in [3.05, 3.63) is 120 Å². The minimum atomic E-state index is -1.62. The highest BCUT2D eigenvalue weighted by Gasteiger charge is 2.50. The van der Waals surface area contributed by atoms with Crippen LogP contribution in [0, 0.1) is 11.8 Å². The third kappa shape index (κ3) is 9.80. The number of likely N-dealkylation sites (N-methyl/N-ethyl adjacent to an activating group) is 1. The minimum Gasteiger partial charge on any atom is -1.00 e. The first-order valence-corrected chi connectivity index (χ1v) is 23.7. The number of rotatable bonds is 13. The average Bonchev–Trinajstić information content (AvgIpc) is 4.09. The van der Waals surface area contributed by atoms with Gasteiger partial charge in [-0.25, -0.2) is 0 Å². The van der Waals surface area contributed by atoms with Gasteiger partial charge in [0.25, 0.3) is 11.8 Å². The quantitative estimate of drug-likeness (QED) is 0.103. The molecule has 2 atom stereocenters. The van der Waals surface area contributed by atoms with E-state index in [-0.39, 0.29) is 57.9 Å². The van der Waals surface area contributed by atoms with Crippen LogP contribution in [0.3, 0.4) is 0 Å². The maximum atomic E-state index is 13.6. The maximum absolute atomic E-state index is 13.6. The van der Waals surface area contributed by atoms with Crippen LogP contribution in [-0.4, -0.2) is 103 Å². The summed E-state index contributed by atoms with van der Waals surface area (Å²) in [6.45, 7) is 8.43. The van der Waals surface area contributed by atoms with Crippen molar-refractivity contribution in [1.29, 1.82) is 0 Å². The van der Waals surface area contributed by atoms with Crippen LogP contribution in [0.1, 0.15) is 51.6 Å². The summed E-state index contributed by atoms with van der Waals surface area (Å²) >= 11 is 5.70. The zero-order chi connectivity index (χ0) is 39.5. The van der Waals surface area contributed by atoms with Gasteiger partial charge in [0, 0.05) is 32.1 Å². The lowest BCUT2D eigenvalue weighted by Gasteiger charge is -2.53. The molecule has 6 aliphatic rings. The van der Waals surface area contributed by atoms with Crippen molar-refractivity contribution in [3.8, 4) is 5.75 Å². The van der Waals surface area contributed by atoms with Gasteiger partial charge in [0.15, 0.2) is 0 Å². The SMILES string of the molecule is C[N+]12CCC(CC1)C(NC(=O)C(O)(c1cccs1)c1cccs1)C2.O=C(NC1C[N+]2(CCCOc3ccccc3)CCC1CC2)C(O)(c1cccs1)c1cccs1.[Br-].[Br-]. The van der Waals surface area contributed by atoms with Crippen LogP contribution in [0.5, 0.6) is 5.75 Å². The van der Waals surface area contributed by atoms with Crippen LogP contribution in [0.2, 0.25) is 0 Å². The third-order valence-corrected chi connectivity index (χ3v) is 16.9. The molecule has 4 N–H and O–H groups in total. The van der Waals surface area contributed by atoms with E-state index in [1.54, 1.807) is 0 Å². The predicted molar refractivity (Wildman–Crippen MR) is 230 cm³/mol. The largest absolute Gasteiger partial charge is 1.00 e. The summed E-state index contributed by atoms with van der Waals surface area (Å²) in [6, 6.07) is 25.1. The highest BCUT2D eigenvalue weighted by molar-refractivity contribution is 7.12. The number of benzene rings is 1. The van der Waals surface area contributed by atoms with Crippen molar-refractivity contribution < 1.29 is 67.5 Å². The fourth-order valence-corrected chi connectivity index (χ4v) is 13.1. The number of hydrogen-bond donors (Lipinski definition) is 4. The van der Waals surface area contributed by atoms with Gasteiger partial charge in [0.05, 0.1) is 91.1 Å². The first kappa shape index (κ1) is 46.1. The van der Waals surface area contributed by atoms with E-state index in [4.69, 9.17) is 4.74 Å². The Labute approximate surface area is 384 Å². The van der Waals surface area contributed by atoms with E-state index in [0.29, 0.717) is 38.0 Å². The molecule has 2 amide bonds. The van der Waals surface area contributed by atoms with Gasteiger partial charge < -0.3 is 68.5 Å². The van der Waals surface area contributed by atoms with Crippen molar-refractivity contribution in [3.63, 3.8) is 0 Å². The van der Waals surface area contributed by atoms with Crippen molar-refractivity contribution in [1.82, 2.24) is 10.6 Å². The number of halogens is 2. The summed E-state index contributed by atoms with van der Waals surface area (Å²) in [7, 11) is 2.28. The second-order valence-corrected chi connectivity index (χ2v) is 20.4. The van der Waals surface area contributed by atoms with Gasteiger partial charge in [-0.05, 0) is 69.8 Å². The molecule has 0 aliphatic carbocycles. The smallest absolute Gasteiger partial charge is 0.263 e. The zero-order valence-electron chi connectivity index (χ0n) is 33.2. The lowest BCUT2D eigenvalue weighted by Crippen LogP contribution is -3.00. The number of amides is 2. The first-order chi connectivity index (χ1) is 27.6. The Morgan fingerprint density at radius 1 is 0.644 bits per heavy atom. The van der Waals surface area contributed by atoms with E-state index in [0.717, 1.165) is 66.5 Å². The number of piperidine rings is 6. The molecular formula is C44H54Br2N4O5S4. The van der Waals surface area contributed by atoms with Crippen LogP contribution >= 0.6 is 45.3 Å². The Kier molecular flexibility index (Phi) is 15.4. The molecule has 0 spiro atoms. The lowest BCUT2D eigenvalue weighted by atomic mass is 9.81. The van der Waals surface area contributed by atoms with Gasteiger partial charge in [0.2, 0.25) is 11.2 Å². The molecule has 9 nitrogen and oxygen atoms in total. The summed E-state index contributed by atoms with van der Waals surface area (Å²) in [5.74, 6) is 1.38. The molecule has 10 heterocycles. The number of carbonyl (C=O) groups excluding carboxylic acids is 2. The monoisotopic (exact) mass is 1000 g/mol. The van der Waals surface area contributed by atoms with E-state index in [1.807, 2.05) is 100 Å². The van der Waals surface area contributed by atoms with Crippen molar-refractivity contribution in [2.75, 3.05) is 59.5 Å². The van der Waals surface area contributed by atoms with Crippen molar-refractivity contribution >= 4 is 57.2 Å². The first-order valence-electron chi connectivity index (χ1n) is 20.2. The lowest BCUT2D eigenvalue weighted by molar-refractivity contribution is -0.944. The van der Waals surface area contributed by atoms with Crippen molar-refractivity contribution in [2.24, 2.45) is 11.8 Å². The molecule has 15 heteroatoms. The highest BCUT2D eigenvalue weighted by atomic mass is 79.9. The standard InChI is InChI=1S/C26H30N2O3S2.C18H22N2O2S2.2BrH/c29-25(26(30,23-9-4-17-32-23)24-10-5-18-33-24)27-22-19-28(14-11-20(22)12-15-28)13-6-16-31-21-7-2-1-3-8-21;1-20-8-6-13(7-9-20)14(12-20)19-17(21)18(22,15-4-2-10-23-15)16-5-3-11-24-16;;/h1-5,7-10,17-18,20,22,30H,6,11-16,19H2;2-5,10-11,13-14,22H,6-9,12H2,1H3;2*1H. The average molecular weight is 1010 g/mol. The number of fused-ring (bicyclic) bond motifs is 6. The minimum absolute atomic E-state index is 0. The number of ether oxygens (including phenoxy) is 1. The molecule has 4 aromatic heterocycles. The predicted octanol–water partition coefficient (Wildman–Crippen LogP) is 0.648. The molecule has 0 saturated carbocycles. The van der Waals surface area contributed by atoms with Gasteiger partial charge in [0.1, 0.15) is 5.75 Å². The number of aliphatic hydroxyl groups is 2. The van der Waals surface area contributed by atoms with E-state index >= 15 is 0 Å². The Bertz CT molecular complexity index is 1970. The Morgan fingerprint density at radius 3 is 1.47 bits per heavy atom. The van der Waals surface area contributed by atoms with Crippen molar-refractivity contribution in [2.45, 2.75) is 55.4 Å². The summed E-state index contributed by atoms with van der Waals surface area (Å²) in [5, 5.41) is 37.1. The number of para-hydroxylation sites is 1. The maximum Gasteiger partial charge on any atom is 0.263 e. The molecule has 6 aliphatic heterocycles. The topological polar surface area (TPSA) is 108 Å². The normalized spacial score (nSPS) is 25.7. The molecule has 4 bridgehead atoms. The van der Waals surface area contributed by atoms with Crippen LogP contribution in [0.15, 0.2) is 100 Å². The molecular weight excluding hydrogens is 953 g/mol. The summed E-state index contributed by atoms with van der Waals surface area (Å²) in [6.07, 6.45) is 5.58. The van der Waals surface area contributed by atoms with Crippen LogP contribution in [0.4, 0.5) is 0 Å². The van der Waals surface area contributed by atoms with Gasteiger partial charge in [-0.1, -0.05) is 42.5 Å². The Hall–Kier alpha value is -2.44. The van der Waals surface area contributed by atoms with Crippen LogP contribution < -0.4 is 49.3 Å². The van der Waals surface area contributed by atoms with Gasteiger partial charge in [-0.2, -0.15) is 0 Å². The fraction of sp³-hybridized carbons (Fsp3) is 0.455. The Morgan fingerprint density at radius 2 is 1.07 bits per heavy atom. The number of thiophene rings is 4. The molecule has 6 saturated heterocycles. The zero-order valence-corrected chi connectivity index (χ0v) is 39.7.